The van der Waals surface area contributed by atoms with Crippen molar-refractivity contribution in [3.8, 4) is 0 Å². The summed E-state index contributed by atoms with van der Waals surface area (Å²) < 4.78 is 5.45. The van der Waals surface area contributed by atoms with E-state index in [1.54, 1.807) is 25.1 Å². The molecule has 0 saturated heterocycles. The number of hydrogen-bond acceptors (Lipinski definition) is 3. The number of aliphatic carboxylic acids is 1. The van der Waals surface area contributed by atoms with Crippen molar-refractivity contribution >= 4 is 17.1 Å². The van der Waals surface area contributed by atoms with Crippen molar-refractivity contribution in [2.75, 3.05) is 0 Å². The highest BCUT2D eigenvalue weighted by molar-refractivity contribution is 5.79. The molecule has 0 amide bonds. The summed E-state index contributed by atoms with van der Waals surface area (Å²) in [6, 6.07) is 5.32. The van der Waals surface area contributed by atoms with Crippen molar-refractivity contribution < 1.29 is 14.3 Å². The van der Waals surface area contributed by atoms with E-state index >= 15 is 0 Å². The standard InChI is InChI=1S/C12H13NO3/c1-3-11-13-9-6-8(7(2)12(14)15)4-5-10(9)16-11/h4-7H,3H2,1-2H3,(H,14,15). The van der Waals surface area contributed by atoms with Crippen LogP contribution in [0.15, 0.2) is 22.6 Å². The molecule has 0 spiro atoms. The van der Waals surface area contributed by atoms with Crippen LogP contribution >= 0.6 is 0 Å². The SMILES string of the molecule is CCc1nc2cc(C(C)C(=O)O)ccc2o1. The topological polar surface area (TPSA) is 63.3 Å². The van der Waals surface area contributed by atoms with Crippen LogP contribution < -0.4 is 0 Å². The van der Waals surface area contributed by atoms with Crippen molar-refractivity contribution in [2.45, 2.75) is 26.2 Å². The minimum absolute atomic E-state index is 0.522. The molecule has 1 N–H and O–H groups in total. The van der Waals surface area contributed by atoms with Crippen molar-refractivity contribution in [1.82, 2.24) is 4.98 Å². The molecule has 4 nitrogen and oxygen atoms in total. The van der Waals surface area contributed by atoms with Crippen LogP contribution in [0.1, 0.15) is 31.2 Å². The third kappa shape index (κ3) is 1.78. The monoisotopic (exact) mass is 219 g/mol. The fourth-order valence-corrected chi connectivity index (χ4v) is 1.56. The van der Waals surface area contributed by atoms with Crippen LogP contribution in [-0.2, 0) is 11.2 Å². The van der Waals surface area contributed by atoms with Crippen molar-refractivity contribution in [3.05, 3.63) is 29.7 Å². The summed E-state index contributed by atoms with van der Waals surface area (Å²) in [6.45, 7) is 3.62. The van der Waals surface area contributed by atoms with Gasteiger partial charge < -0.3 is 9.52 Å². The van der Waals surface area contributed by atoms with E-state index in [1.165, 1.54) is 0 Å². The van der Waals surface area contributed by atoms with E-state index < -0.39 is 11.9 Å². The molecule has 1 heterocycles. The van der Waals surface area contributed by atoms with Crippen LogP contribution in [0.3, 0.4) is 0 Å². The second-order valence-electron chi connectivity index (χ2n) is 3.75. The van der Waals surface area contributed by atoms with E-state index in [0.29, 0.717) is 11.5 Å². The van der Waals surface area contributed by atoms with E-state index in [1.807, 2.05) is 6.92 Å². The van der Waals surface area contributed by atoms with Crippen molar-refractivity contribution in [2.24, 2.45) is 0 Å². The molecular formula is C12H13NO3. The lowest BCUT2D eigenvalue weighted by molar-refractivity contribution is -0.138. The number of carboxylic acid groups (broad SMARTS) is 1. The van der Waals surface area contributed by atoms with Gasteiger partial charge in [-0.15, -0.1) is 0 Å². The van der Waals surface area contributed by atoms with Gasteiger partial charge in [-0.2, -0.15) is 0 Å². The van der Waals surface area contributed by atoms with Gasteiger partial charge in [0, 0.05) is 6.42 Å². The fraction of sp³-hybridized carbons (Fsp3) is 0.333. The Balaban J connectivity index is 2.46. The zero-order valence-electron chi connectivity index (χ0n) is 9.23. The Kier molecular flexibility index (Phi) is 2.64. The Morgan fingerprint density at radius 2 is 2.31 bits per heavy atom. The molecule has 84 valence electrons. The largest absolute Gasteiger partial charge is 0.481 e. The number of carbonyl (C=O) groups is 1. The first-order valence-corrected chi connectivity index (χ1v) is 5.24. The summed E-state index contributed by atoms with van der Waals surface area (Å²) >= 11 is 0. The van der Waals surface area contributed by atoms with Crippen LogP contribution in [0.4, 0.5) is 0 Å². The number of oxazole rings is 1. The molecule has 2 rings (SSSR count). The van der Waals surface area contributed by atoms with Gasteiger partial charge in [-0.1, -0.05) is 13.0 Å². The predicted octanol–water partition coefficient (Wildman–Crippen LogP) is 2.58. The minimum atomic E-state index is -0.835. The minimum Gasteiger partial charge on any atom is -0.481 e. The van der Waals surface area contributed by atoms with Gasteiger partial charge in [0.1, 0.15) is 5.52 Å². The zero-order valence-corrected chi connectivity index (χ0v) is 9.23. The Morgan fingerprint density at radius 3 is 2.94 bits per heavy atom. The van der Waals surface area contributed by atoms with E-state index in [2.05, 4.69) is 4.98 Å². The molecule has 0 fully saturated rings. The number of aryl methyl sites for hydroxylation is 1. The number of carboxylic acids is 1. The zero-order chi connectivity index (χ0) is 11.7. The smallest absolute Gasteiger partial charge is 0.310 e. The van der Waals surface area contributed by atoms with E-state index in [9.17, 15) is 4.79 Å². The fourth-order valence-electron chi connectivity index (χ4n) is 1.56. The van der Waals surface area contributed by atoms with Crippen LogP contribution in [-0.4, -0.2) is 16.1 Å². The summed E-state index contributed by atoms with van der Waals surface area (Å²) in [4.78, 5) is 15.1. The Labute approximate surface area is 92.9 Å². The molecule has 1 atom stereocenters. The lowest BCUT2D eigenvalue weighted by atomic mass is 10.0. The first kappa shape index (κ1) is 10.7. The van der Waals surface area contributed by atoms with Gasteiger partial charge in [-0.05, 0) is 24.6 Å². The van der Waals surface area contributed by atoms with Crippen molar-refractivity contribution in [1.29, 1.82) is 0 Å². The Bertz CT molecular complexity index is 530. The molecule has 0 radical (unpaired) electrons. The predicted molar refractivity (Wildman–Crippen MR) is 59.4 cm³/mol. The maximum absolute atomic E-state index is 10.9. The van der Waals surface area contributed by atoms with E-state index in [0.717, 1.165) is 17.5 Å². The average molecular weight is 219 g/mol. The number of hydrogen-bond donors (Lipinski definition) is 1. The first-order chi connectivity index (χ1) is 7.61. The highest BCUT2D eigenvalue weighted by atomic mass is 16.4. The second-order valence-corrected chi connectivity index (χ2v) is 3.75. The highest BCUT2D eigenvalue weighted by Crippen LogP contribution is 2.22. The molecule has 16 heavy (non-hydrogen) atoms. The molecule has 0 bridgehead atoms. The van der Waals surface area contributed by atoms with Gasteiger partial charge in [0.2, 0.25) is 0 Å². The van der Waals surface area contributed by atoms with Gasteiger partial charge in [0.25, 0.3) is 0 Å². The van der Waals surface area contributed by atoms with Crippen LogP contribution in [0, 0.1) is 0 Å². The number of aromatic nitrogens is 1. The first-order valence-electron chi connectivity index (χ1n) is 5.24. The summed E-state index contributed by atoms with van der Waals surface area (Å²) in [5.41, 5.74) is 2.18. The second kappa shape index (κ2) is 3.96. The maximum atomic E-state index is 10.9. The lowest BCUT2D eigenvalue weighted by Gasteiger charge is -2.04. The van der Waals surface area contributed by atoms with Gasteiger partial charge in [0.15, 0.2) is 11.5 Å². The van der Waals surface area contributed by atoms with Crippen LogP contribution in [0.5, 0.6) is 0 Å². The number of rotatable bonds is 3. The van der Waals surface area contributed by atoms with Gasteiger partial charge >= 0.3 is 5.97 Å². The molecule has 1 aromatic carbocycles. The number of fused-ring (bicyclic) bond motifs is 1. The summed E-state index contributed by atoms with van der Waals surface area (Å²) in [6.07, 6.45) is 0.735. The Morgan fingerprint density at radius 1 is 1.56 bits per heavy atom. The van der Waals surface area contributed by atoms with E-state index in [4.69, 9.17) is 9.52 Å². The average Bonchev–Trinajstić information content (AvgIpc) is 2.69. The molecule has 1 unspecified atom stereocenters. The van der Waals surface area contributed by atoms with Gasteiger partial charge in [-0.25, -0.2) is 4.98 Å². The molecule has 4 heteroatoms. The molecule has 0 aliphatic heterocycles. The molecule has 1 aromatic heterocycles. The number of nitrogens with zero attached hydrogens (tertiary/aromatic N) is 1. The molecule has 0 aliphatic rings. The molecule has 0 aliphatic carbocycles. The molecule has 2 aromatic rings. The van der Waals surface area contributed by atoms with Crippen LogP contribution in [0.25, 0.3) is 11.1 Å². The summed E-state index contributed by atoms with van der Waals surface area (Å²) in [5.74, 6) is -0.681. The molecule has 0 saturated carbocycles. The summed E-state index contributed by atoms with van der Waals surface area (Å²) in [7, 11) is 0. The van der Waals surface area contributed by atoms with Crippen molar-refractivity contribution in [3.63, 3.8) is 0 Å². The Hall–Kier alpha value is -1.84. The summed E-state index contributed by atoms with van der Waals surface area (Å²) in [5, 5.41) is 8.92. The highest BCUT2D eigenvalue weighted by Gasteiger charge is 2.15. The quantitative estimate of drug-likeness (QED) is 0.861. The third-order valence-corrected chi connectivity index (χ3v) is 2.63. The lowest BCUT2D eigenvalue weighted by Crippen LogP contribution is -2.06. The third-order valence-electron chi connectivity index (χ3n) is 2.63. The van der Waals surface area contributed by atoms with E-state index in [-0.39, 0.29) is 0 Å². The molecular weight excluding hydrogens is 206 g/mol. The number of benzene rings is 1. The van der Waals surface area contributed by atoms with Gasteiger partial charge in [-0.3, -0.25) is 4.79 Å². The van der Waals surface area contributed by atoms with Crippen LogP contribution in [0.2, 0.25) is 0 Å². The van der Waals surface area contributed by atoms with Gasteiger partial charge in [0.05, 0.1) is 5.92 Å². The normalized spacial score (nSPS) is 12.9. The maximum Gasteiger partial charge on any atom is 0.310 e.